The maximum atomic E-state index is 11.1. The van der Waals surface area contributed by atoms with Crippen LogP contribution in [0.15, 0.2) is 11.6 Å². The van der Waals surface area contributed by atoms with Crippen molar-refractivity contribution in [2.75, 3.05) is 6.61 Å². The molecule has 0 aliphatic carbocycles. The third-order valence-electron chi connectivity index (χ3n) is 1.94. The van der Waals surface area contributed by atoms with Gasteiger partial charge in [-0.25, -0.2) is 0 Å². The van der Waals surface area contributed by atoms with E-state index in [1.54, 1.807) is 0 Å². The summed E-state index contributed by atoms with van der Waals surface area (Å²) in [5.41, 5.74) is 1.10. The van der Waals surface area contributed by atoms with Gasteiger partial charge in [-0.1, -0.05) is 25.8 Å². The molecule has 0 saturated carbocycles. The molecular weight excluding hydrogens is 164 g/mol. The summed E-state index contributed by atoms with van der Waals surface area (Å²) < 4.78 is 5.03. The van der Waals surface area contributed by atoms with Crippen LogP contribution in [0.3, 0.4) is 0 Å². The third kappa shape index (κ3) is 7.57. The van der Waals surface area contributed by atoms with Gasteiger partial charge in [0.25, 0.3) is 0 Å². The Hall–Kier alpha value is -0.790. The molecule has 13 heavy (non-hydrogen) atoms. The molecule has 0 unspecified atom stereocenters. The summed E-state index contributed by atoms with van der Waals surface area (Å²) in [6.07, 6.45) is 5.72. The Balaban J connectivity index is 3.41. The first-order valence-electron chi connectivity index (χ1n) is 4.98. The monoisotopic (exact) mass is 184 g/mol. The van der Waals surface area contributed by atoms with E-state index in [9.17, 15) is 4.79 Å². The smallest absolute Gasteiger partial charge is 0.306 e. The van der Waals surface area contributed by atoms with Crippen LogP contribution in [0.4, 0.5) is 0 Å². The molecule has 76 valence electrons. The van der Waals surface area contributed by atoms with Crippen LogP contribution in [-0.2, 0) is 9.53 Å². The summed E-state index contributed by atoms with van der Waals surface area (Å²) in [6.45, 7) is 6.47. The zero-order chi connectivity index (χ0) is 10.1. The Morgan fingerprint density at radius 3 is 2.62 bits per heavy atom. The van der Waals surface area contributed by atoms with Crippen molar-refractivity contribution in [2.45, 2.75) is 46.5 Å². The highest BCUT2D eigenvalue weighted by Gasteiger charge is 2.01. The topological polar surface area (TPSA) is 26.3 Å². The number of carbonyl (C=O) groups is 1. The molecule has 0 radical (unpaired) electrons. The van der Waals surface area contributed by atoms with Crippen LogP contribution >= 0.6 is 0 Å². The van der Waals surface area contributed by atoms with Gasteiger partial charge in [0.2, 0.25) is 0 Å². The van der Waals surface area contributed by atoms with Crippen LogP contribution in [0.2, 0.25) is 0 Å². The van der Waals surface area contributed by atoms with Gasteiger partial charge in [0.1, 0.15) is 6.61 Å². The highest BCUT2D eigenvalue weighted by Crippen LogP contribution is 2.01. The van der Waals surface area contributed by atoms with E-state index >= 15 is 0 Å². The Morgan fingerprint density at radius 2 is 2.08 bits per heavy atom. The molecule has 0 fully saturated rings. The Bertz CT molecular complexity index is 171. The molecule has 0 aromatic carbocycles. The van der Waals surface area contributed by atoms with Crippen molar-refractivity contribution in [3.8, 4) is 0 Å². The molecule has 0 spiro atoms. The van der Waals surface area contributed by atoms with Gasteiger partial charge in [-0.2, -0.15) is 0 Å². The molecule has 0 aromatic heterocycles. The van der Waals surface area contributed by atoms with E-state index < -0.39 is 0 Å². The van der Waals surface area contributed by atoms with Crippen molar-refractivity contribution in [2.24, 2.45) is 0 Å². The lowest BCUT2D eigenvalue weighted by atomic mass is 10.2. The van der Waals surface area contributed by atoms with Gasteiger partial charge in [-0.05, 0) is 25.8 Å². The van der Waals surface area contributed by atoms with Crippen molar-refractivity contribution < 1.29 is 9.53 Å². The van der Waals surface area contributed by atoms with Crippen LogP contribution in [0.5, 0.6) is 0 Å². The van der Waals surface area contributed by atoms with E-state index in [-0.39, 0.29) is 5.97 Å². The van der Waals surface area contributed by atoms with Crippen LogP contribution in [0.1, 0.15) is 46.5 Å². The number of ether oxygens (including phenoxy) is 1. The normalized spacial score (nSPS) is 11.5. The Labute approximate surface area is 81.0 Å². The maximum Gasteiger partial charge on any atom is 0.306 e. The average Bonchev–Trinajstić information content (AvgIpc) is 2.14. The van der Waals surface area contributed by atoms with Crippen LogP contribution in [-0.4, -0.2) is 12.6 Å². The number of allylic oxidation sites excluding steroid dienone is 1. The summed E-state index contributed by atoms with van der Waals surface area (Å²) >= 11 is 0. The van der Waals surface area contributed by atoms with Crippen LogP contribution < -0.4 is 0 Å². The second-order valence-corrected chi connectivity index (χ2v) is 3.25. The van der Waals surface area contributed by atoms with Crippen molar-refractivity contribution in [1.29, 1.82) is 0 Å². The minimum absolute atomic E-state index is 0.0744. The van der Waals surface area contributed by atoms with Gasteiger partial charge in [0.15, 0.2) is 0 Å². The van der Waals surface area contributed by atoms with E-state index in [1.165, 1.54) is 0 Å². The fourth-order valence-corrected chi connectivity index (χ4v) is 0.869. The minimum atomic E-state index is -0.0744. The van der Waals surface area contributed by atoms with Gasteiger partial charge in [-0.15, -0.1) is 0 Å². The predicted molar refractivity (Wildman–Crippen MR) is 54.5 cm³/mol. The second kappa shape index (κ2) is 7.84. The molecule has 0 rings (SSSR count). The van der Waals surface area contributed by atoms with Gasteiger partial charge in [0, 0.05) is 6.42 Å². The SMILES string of the molecule is CC=C(C)COC(=O)CCCCC. The number of hydrogen-bond donors (Lipinski definition) is 0. The highest BCUT2D eigenvalue weighted by molar-refractivity contribution is 5.69. The maximum absolute atomic E-state index is 11.1. The largest absolute Gasteiger partial charge is 0.461 e. The molecule has 0 N–H and O–H groups in total. The first kappa shape index (κ1) is 12.2. The summed E-state index contributed by atoms with van der Waals surface area (Å²) in [6, 6.07) is 0. The van der Waals surface area contributed by atoms with Crippen molar-refractivity contribution in [1.82, 2.24) is 0 Å². The quantitative estimate of drug-likeness (QED) is 0.360. The Morgan fingerprint density at radius 1 is 1.38 bits per heavy atom. The molecule has 0 aromatic rings. The molecule has 0 amide bonds. The van der Waals surface area contributed by atoms with E-state index in [0.717, 1.165) is 24.8 Å². The van der Waals surface area contributed by atoms with Crippen LogP contribution in [0, 0.1) is 0 Å². The van der Waals surface area contributed by atoms with Crippen molar-refractivity contribution in [3.05, 3.63) is 11.6 Å². The number of rotatable bonds is 6. The number of esters is 1. The third-order valence-corrected chi connectivity index (χ3v) is 1.94. The average molecular weight is 184 g/mol. The number of hydrogen-bond acceptors (Lipinski definition) is 2. The molecule has 0 saturated heterocycles. The van der Waals surface area contributed by atoms with Crippen LogP contribution in [0.25, 0.3) is 0 Å². The van der Waals surface area contributed by atoms with Gasteiger partial charge in [0.05, 0.1) is 0 Å². The van der Waals surface area contributed by atoms with E-state index in [2.05, 4.69) is 6.92 Å². The Kier molecular flexibility index (Phi) is 7.36. The lowest BCUT2D eigenvalue weighted by molar-refractivity contribution is -0.142. The standard InChI is InChI=1S/C11H20O2/c1-4-6-7-8-11(12)13-9-10(3)5-2/h5H,4,6-9H2,1-3H3. The van der Waals surface area contributed by atoms with Gasteiger partial charge < -0.3 is 4.74 Å². The minimum Gasteiger partial charge on any atom is -0.461 e. The fraction of sp³-hybridized carbons (Fsp3) is 0.727. The molecule has 0 atom stereocenters. The van der Waals surface area contributed by atoms with E-state index in [1.807, 2.05) is 19.9 Å². The van der Waals surface area contributed by atoms with Crippen molar-refractivity contribution in [3.63, 3.8) is 0 Å². The molecule has 2 nitrogen and oxygen atoms in total. The number of carbonyl (C=O) groups excluding carboxylic acids is 1. The highest BCUT2D eigenvalue weighted by atomic mass is 16.5. The molecule has 0 bridgehead atoms. The van der Waals surface area contributed by atoms with E-state index in [4.69, 9.17) is 4.74 Å². The molecule has 0 aliphatic rings. The first-order chi connectivity index (χ1) is 6.20. The second-order valence-electron chi connectivity index (χ2n) is 3.25. The van der Waals surface area contributed by atoms with E-state index in [0.29, 0.717) is 13.0 Å². The first-order valence-corrected chi connectivity index (χ1v) is 4.98. The lowest BCUT2D eigenvalue weighted by Crippen LogP contribution is -2.06. The fourth-order valence-electron chi connectivity index (χ4n) is 0.869. The summed E-state index contributed by atoms with van der Waals surface area (Å²) in [4.78, 5) is 11.1. The zero-order valence-electron chi connectivity index (χ0n) is 8.93. The summed E-state index contributed by atoms with van der Waals surface area (Å²) in [5.74, 6) is -0.0744. The van der Waals surface area contributed by atoms with Crippen molar-refractivity contribution >= 4 is 5.97 Å². The van der Waals surface area contributed by atoms with Gasteiger partial charge in [-0.3, -0.25) is 4.79 Å². The molecule has 0 heterocycles. The lowest BCUT2D eigenvalue weighted by Gasteiger charge is -2.03. The predicted octanol–water partition coefficient (Wildman–Crippen LogP) is 3.08. The number of unbranched alkanes of at least 4 members (excludes halogenated alkanes) is 2. The van der Waals surface area contributed by atoms with Gasteiger partial charge >= 0.3 is 5.97 Å². The molecule has 0 aliphatic heterocycles. The summed E-state index contributed by atoms with van der Waals surface area (Å²) in [7, 11) is 0. The molecule has 2 heteroatoms. The molecular formula is C11H20O2. The zero-order valence-corrected chi connectivity index (χ0v) is 8.93. The summed E-state index contributed by atoms with van der Waals surface area (Å²) in [5, 5.41) is 0.